The van der Waals surface area contributed by atoms with E-state index < -0.39 is 23.5 Å². The molecule has 0 aliphatic heterocycles. The molecule has 4 N–H and O–H groups in total. The van der Waals surface area contributed by atoms with Crippen LogP contribution in [0, 0.1) is 5.92 Å². The number of para-hydroxylation sites is 1. The van der Waals surface area contributed by atoms with E-state index in [0.29, 0.717) is 93.4 Å². The Kier molecular flexibility index (Phi) is 15.8. The Hall–Kier alpha value is -3.39. The molecule has 3 atom stereocenters. The topological polar surface area (TPSA) is 157 Å². The number of rotatable bonds is 22. The van der Waals surface area contributed by atoms with E-state index in [4.69, 9.17) is 46.9 Å². The third-order valence-corrected chi connectivity index (χ3v) is 9.66. The average Bonchev–Trinajstić information content (AvgIpc) is 3.47. The second kappa shape index (κ2) is 20.0. The van der Waals surface area contributed by atoms with E-state index in [1.165, 1.54) is 0 Å². The number of carbonyl (C=O) groups excluding carboxylic acids is 2. The minimum atomic E-state index is -1.57. The van der Waals surface area contributed by atoms with Crippen LogP contribution in [-0.4, -0.2) is 99.4 Å². The highest BCUT2D eigenvalue weighted by molar-refractivity contribution is 6.38. The number of amides is 2. The number of ether oxygens (including phenoxy) is 5. The van der Waals surface area contributed by atoms with Gasteiger partial charge in [0.2, 0.25) is 11.8 Å². The van der Waals surface area contributed by atoms with Gasteiger partial charge in [-0.1, -0.05) is 61.7 Å². The number of methoxy groups -OCH3 is 1. The monoisotopic (exact) mass is 749 g/mol. The van der Waals surface area contributed by atoms with Crippen molar-refractivity contribution in [1.82, 2.24) is 15.6 Å². The number of carboxylic acids is 1. The van der Waals surface area contributed by atoms with E-state index in [1.807, 2.05) is 38.1 Å². The highest BCUT2D eigenvalue weighted by Gasteiger charge is 2.45. The number of hydrogen-bond acceptors (Lipinski definition) is 8. The second-order valence-corrected chi connectivity index (χ2v) is 13.5. The van der Waals surface area contributed by atoms with Gasteiger partial charge in [-0.3, -0.25) is 9.59 Å². The predicted molar refractivity (Wildman–Crippen MR) is 195 cm³/mol. The molecule has 1 aromatic heterocycles. The van der Waals surface area contributed by atoms with E-state index >= 15 is 0 Å². The molecule has 4 rings (SSSR count). The van der Waals surface area contributed by atoms with Crippen molar-refractivity contribution in [2.75, 3.05) is 60.0 Å². The van der Waals surface area contributed by atoms with Gasteiger partial charge in [-0.25, -0.2) is 4.79 Å². The van der Waals surface area contributed by atoms with Crippen molar-refractivity contribution < 1.29 is 43.2 Å². The molecule has 14 heteroatoms. The molecule has 0 saturated carbocycles. The number of nitrogens with one attached hydrogen (secondary N) is 3. The third kappa shape index (κ3) is 11.3. The maximum absolute atomic E-state index is 13.8. The molecule has 0 fully saturated rings. The van der Waals surface area contributed by atoms with Crippen LogP contribution in [0.1, 0.15) is 49.9 Å². The Labute approximate surface area is 308 Å². The van der Waals surface area contributed by atoms with Gasteiger partial charge in [0.05, 0.1) is 56.8 Å². The van der Waals surface area contributed by atoms with Gasteiger partial charge in [-0.05, 0) is 54.5 Å². The Morgan fingerprint density at radius 1 is 0.980 bits per heavy atom. The number of H-pyrrole nitrogens is 1. The molecular formula is C37H49Cl2N3O9. The molecule has 1 aliphatic rings. The molecule has 0 radical (unpaired) electrons. The van der Waals surface area contributed by atoms with Crippen LogP contribution < -0.4 is 15.4 Å². The predicted octanol–water partition coefficient (Wildman–Crippen LogP) is 5.14. The lowest BCUT2D eigenvalue weighted by Crippen LogP contribution is -2.62. The lowest BCUT2D eigenvalue weighted by atomic mass is 9.79. The molecule has 1 aliphatic carbocycles. The number of aliphatic carboxylic acids is 1. The van der Waals surface area contributed by atoms with Gasteiger partial charge in [-0.15, -0.1) is 0 Å². The van der Waals surface area contributed by atoms with Crippen LogP contribution in [0.3, 0.4) is 0 Å². The van der Waals surface area contributed by atoms with Gasteiger partial charge >= 0.3 is 5.97 Å². The van der Waals surface area contributed by atoms with Gasteiger partial charge in [0.1, 0.15) is 23.9 Å². The van der Waals surface area contributed by atoms with Crippen LogP contribution in [-0.2, 0) is 52.6 Å². The summed E-state index contributed by atoms with van der Waals surface area (Å²) in [6.45, 7) is 7.41. The van der Waals surface area contributed by atoms with Crippen molar-refractivity contribution in [3.05, 3.63) is 63.3 Å². The fourth-order valence-corrected chi connectivity index (χ4v) is 6.61. The summed E-state index contributed by atoms with van der Waals surface area (Å²) >= 11 is 12.7. The van der Waals surface area contributed by atoms with E-state index in [-0.39, 0.29) is 31.1 Å². The number of fused-ring (bicyclic) bond motifs is 3. The minimum Gasteiger partial charge on any atom is -0.491 e. The van der Waals surface area contributed by atoms with E-state index in [9.17, 15) is 19.5 Å². The van der Waals surface area contributed by atoms with Gasteiger partial charge in [0.25, 0.3) is 0 Å². The maximum atomic E-state index is 13.8. The molecule has 3 aromatic rings. The lowest BCUT2D eigenvalue weighted by molar-refractivity contribution is -0.149. The summed E-state index contributed by atoms with van der Waals surface area (Å²) in [5, 5.41) is 17.8. The van der Waals surface area contributed by atoms with Crippen LogP contribution in [0.25, 0.3) is 10.9 Å². The van der Waals surface area contributed by atoms with Gasteiger partial charge in [-0.2, -0.15) is 0 Å². The van der Waals surface area contributed by atoms with Crippen molar-refractivity contribution in [1.29, 1.82) is 0 Å². The molecule has 2 amide bonds. The number of aryl methyl sites for hydroxylation is 2. The molecule has 280 valence electrons. The maximum Gasteiger partial charge on any atom is 0.329 e. The molecule has 0 spiro atoms. The van der Waals surface area contributed by atoms with Crippen molar-refractivity contribution in [2.24, 2.45) is 5.92 Å². The van der Waals surface area contributed by atoms with E-state index in [2.05, 4.69) is 15.6 Å². The number of carbonyl (C=O) groups is 3. The molecule has 0 saturated heterocycles. The first-order valence-electron chi connectivity index (χ1n) is 17.3. The Balaban J connectivity index is 1.29. The summed E-state index contributed by atoms with van der Waals surface area (Å²) in [5.41, 5.74) is 1.57. The van der Waals surface area contributed by atoms with Gasteiger partial charge in [0, 0.05) is 36.1 Å². The van der Waals surface area contributed by atoms with Crippen LogP contribution in [0.4, 0.5) is 0 Å². The minimum absolute atomic E-state index is 0.0436. The first kappa shape index (κ1) is 40.4. The summed E-state index contributed by atoms with van der Waals surface area (Å²) < 4.78 is 27.3. The number of hydrogen-bond donors (Lipinski definition) is 4. The molecule has 51 heavy (non-hydrogen) atoms. The molecule has 0 bridgehead atoms. The normalized spacial score (nSPS) is 16.7. The third-order valence-electron chi connectivity index (χ3n) is 9.14. The molecular weight excluding hydrogens is 701 g/mol. The number of aromatic nitrogens is 1. The summed E-state index contributed by atoms with van der Waals surface area (Å²) in [6, 6.07) is 9.91. The SMILES string of the molecule is CCC(C)[C@H](NC(=O)CCc1ccccc1OCCOCCOCCOCCOC)C(=O)N[C@]1(C(=O)O)CCc2[nH]c3c(Cl)cc(Cl)cc3c2C1. The first-order chi connectivity index (χ1) is 24.6. The zero-order valence-corrected chi connectivity index (χ0v) is 31.0. The molecule has 1 unspecified atom stereocenters. The second-order valence-electron chi connectivity index (χ2n) is 12.7. The number of halogens is 2. The highest BCUT2D eigenvalue weighted by atomic mass is 35.5. The highest BCUT2D eigenvalue weighted by Crippen LogP contribution is 2.38. The van der Waals surface area contributed by atoms with Crippen molar-refractivity contribution in [3.8, 4) is 5.75 Å². The van der Waals surface area contributed by atoms with Crippen LogP contribution in [0.15, 0.2) is 36.4 Å². The van der Waals surface area contributed by atoms with Crippen molar-refractivity contribution in [2.45, 2.75) is 64.0 Å². The Bertz CT molecular complexity index is 1620. The summed E-state index contributed by atoms with van der Waals surface area (Å²) in [7, 11) is 1.63. The van der Waals surface area contributed by atoms with Crippen LogP contribution in [0.2, 0.25) is 10.0 Å². The van der Waals surface area contributed by atoms with Crippen molar-refractivity contribution in [3.63, 3.8) is 0 Å². The van der Waals surface area contributed by atoms with Crippen LogP contribution in [0.5, 0.6) is 5.75 Å². The van der Waals surface area contributed by atoms with E-state index in [0.717, 1.165) is 22.2 Å². The van der Waals surface area contributed by atoms with Gasteiger partial charge < -0.3 is 44.4 Å². The summed E-state index contributed by atoms with van der Waals surface area (Å²) in [5.74, 6) is -1.61. The molecule has 2 aromatic carbocycles. The average molecular weight is 751 g/mol. The standard InChI is InChI=1S/C37H49Cl2N3O9/c1-4-24(2)33(35(44)42-37(36(45)46)12-11-30-28(23-37)27-21-26(38)22-29(39)34(27)40-30)41-32(43)10-9-25-7-5-6-8-31(25)51-20-19-50-18-17-49-16-15-48-14-13-47-3/h5-8,21-22,24,33,40H,4,9-20,23H2,1-3H3,(H,41,43)(H,42,44)(H,45,46)/t24?,33-,37+/m0/s1. The quantitative estimate of drug-likeness (QED) is 0.102. The Morgan fingerprint density at radius 2 is 1.65 bits per heavy atom. The van der Waals surface area contributed by atoms with Crippen LogP contribution >= 0.6 is 23.2 Å². The lowest BCUT2D eigenvalue weighted by Gasteiger charge is -2.36. The number of benzene rings is 2. The summed E-state index contributed by atoms with van der Waals surface area (Å²) in [6.07, 6.45) is 1.68. The molecule has 1 heterocycles. The fraction of sp³-hybridized carbons (Fsp3) is 0.541. The summed E-state index contributed by atoms with van der Waals surface area (Å²) in [4.78, 5) is 43.2. The Morgan fingerprint density at radius 3 is 2.31 bits per heavy atom. The smallest absolute Gasteiger partial charge is 0.329 e. The zero-order valence-electron chi connectivity index (χ0n) is 29.5. The zero-order chi connectivity index (χ0) is 36.8. The number of aromatic amines is 1. The molecule has 12 nitrogen and oxygen atoms in total. The first-order valence-corrected chi connectivity index (χ1v) is 18.1. The van der Waals surface area contributed by atoms with Gasteiger partial charge in [0.15, 0.2) is 0 Å². The largest absolute Gasteiger partial charge is 0.491 e. The van der Waals surface area contributed by atoms with E-state index in [1.54, 1.807) is 19.2 Å². The number of carboxylic acid groups (broad SMARTS) is 1. The van der Waals surface area contributed by atoms with Crippen molar-refractivity contribution >= 4 is 51.9 Å². The fourth-order valence-electron chi connectivity index (χ4n) is 6.07.